The number of aromatic nitrogens is 1. The number of carboxylic acid groups (broad SMARTS) is 2. The summed E-state index contributed by atoms with van der Waals surface area (Å²) in [7, 11) is 0. The van der Waals surface area contributed by atoms with Crippen molar-refractivity contribution >= 4 is 11.9 Å². The van der Waals surface area contributed by atoms with Gasteiger partial charge in [-0.05, 0) is 50.7 Å². The third-order valence-electron chi connectivity index (χ3n) is 7.35. The van der Waals surface area contributed by atoms with Gasteiger partial charge < -0.3 is 31.5 Å². The first-order valence-electron chi connectivity index (χ1n) is 14.7. The fourth-order valence-corrected chi connectivity index (χ4v) is 5.38. The van der Waals surface area contributed by atoms with E-state index < -0.39 is 11.9 Å². The van der Waals surface area contributed by atoms with Crippen LogP contribution < -0.4 is 21.3 Å². The quantitative estimate of drug-likeness (QED) is 0.290. The molecule has 6 N–H and O–H groups in total. The maximum absolute atomic E-state index is 9.60. The maximum atomic E-state index is 9.60. The number of carboxylic acids is 2. The minimum absolute atomic E-state index is 0. The van der Waals surface area contributed by atoms with Gasteiger partial charge in [0.25, 0.3) is 0 Å². The number of fused-ring (bicyclic) bond motifs is 4. The fourth-order valence-electron chi connectivity index (χ4n) is 5.38. The van der Waals surface area contributed by atoms with E-state index >= 15 is 0 Å². The molecule has 3 aliphatic rings. The third kappa shape index (κ3) is 15.1. The van der Waals surface area contributed by atoms with Crippen LogP contribution in [0.5, 0.6) is 0 Å². The molecule has 9 nitrogen and oxygen atoms in total. The molecule has 1 aliphatic heterocycles. The molecule has 1 radical (unpaired) electrons. The molecule has 0 unspecified atom stereocenters. The Kier molecular flexibility index (Phi) is 19.3. The summed E-state index contributed by atoms with van der Waals surface area (Å²) in [6.45, 7) is 7.57. The van der Waals surface area contributed by atoms with Crippen LogP contribution in [0.2, 0.25) is 0 Å². The molecule has 2 heterocycles. The minimum Gasteiger partial charge on any atom is -0.481 e. The van der Waals surface area contributed by atoms with E-state index in [-0.39, 0.29) is 17.1 Å². The number of carbonyl (C=O) groups is 2. The minimum atomic E-state index is -0.711. The molecule has 2 aliphatic carbocycles. The van der Waals surface area contributed by atoms with E-state index in [1.54, 1.807) is 0 Å². The molecule has 2 saturated carbocycles. The summed E-state index contributed by atoms with van der Waals surface area (Å²) < 4.78 is 0. The van der Waals surface area contributed by atoms with Crippen molar-refractivity contribution in [2.24, 2.45) is 0 Å². The monoisotopic (exact) mass is 588 g/mol. The van der Waals surface area contributed by atoms with E-state index in [0.717, 1.165) is 39.0 Å². The van der Waals surface area contributed by atoms with Crippen molar-refractivity contribution in [1.29, 1.82) is 0 Å². The van der Waals surface area contributed by atoms with Crippen LogP contribution in [0.1, 0.15) is 102 Å². The Hall–Kier alpha value is -1.55. The maximum Gasteiger partial charge on any atom is 0.303 e. The van der Waals surface area contributed by atoms with Crippen molar-refractivity contribution in [1.82, 2.24) is 26.3 Å². The van der Waals surface area contributed by atoms with Crippen LogP contribution in [0.25, 0.3) is 0 Å². The molecule has 1 aromatic heterocycles. The first kappa shape index (κ1) is 35.5. The SMILES string of the molecule is CCCC(=O)O.CCCC(=O)O.[Mn].c1cc2nc(c1)CN[C@H]1CCCC[C@@H]1NCCN[C@H]1CCCC[C@@H]1NC2. The summed E-state index contributed by atoms with van der Waals surface area (Å²) in [5.74, 6) is -1.42. The summed E-state index contributed by atoms with van der Waals surface area (Å²) in [5, 5.41) is 31.0. The molecule has 0 amide bonds. The molecule has 0 aromatic carbocycles. The van der Waals surface area contributed by atoms with Crippen LogP contribution in [-0.4, -0.2) is 64.4 Å². The van der Waals surface area contributed by atoms with Crippen LogP contribution in [0, 0.1) is 0 Å². The zero-order chi connectivity index (χ0) is 27.6. The number of pyridine rings is 1. The average Bonchev–Trinajstić information content (AvgIpc) is 2.90. The fraction of sp³-hybridized carbons (Fsp3) is 0.759. The Morgan fingerprint density at radius 1 is 0.718 bits per heavy atom. The van der Waals surface area contributed by atoms with E-state index in [9.17, 15) is 9.59 Å². The van der Waals surface area contributed by atoms with Crippen LogP contribution in [0.15, 0.2) is 18.2 Å². The number of nitrogens with zero attached hydrogens (tertiary/aromatic N) is 1. The van der Waals surface area contributed by atoms with Gasteiger partial charge >= 0.3 is 11.9 Å². The molecule has 0 saturated heterocycles. The first-order chi connectivity index (χ1) is 18.4. The van der Waals surface area contributed by atoms with E-state index in [1.807, 2.05) is 13.8 Å². The largest absolute Gasteiger partial charge is 0.481 e. The summed E-state index contributed by atoms with van der Waals surface area (Å²) in [4.78, 5) is 24.1. The molecule has 223 valence electrons. The number of aliphatic carboxylic acids is 2. The first-order valence-corrected chi connectivity index (χ1v) is 14.7. The van der Waals surface area contributed by atoms with Crippen molar-refractivity contribution < 1.29 is 36.9 Å². The van der Waals surface area contributed by atoms with Crippen molar-refractivity contribution in [2.45, 2.75) is 128 Å². The van der Waals surface area contributed by atoms with Crippen molar-refractivity contribution in [2.75, 3.05) is 13.1 Å². The van der Waals surface area contributed by atoms with Gasteiger partial charge in [-0.25, -0.2) is 0 Å². The summed E-state index contributed by atoms with van der Waals surface area (Å²) >= 11 is 0. The number of hydrogen-bond acceptors (Lipinski definition) is 7. The van der Waals surface area contributed by atoms with E-state index in [2.05, 4.69) is 39.5 Å². The Labute approximate surface area is 245 Å². The van der Waals surface area contributed by atoms with Gasteiger partial charge in [0.2, 0.25) is 0 Å². The van der Waals surface area contributed by atoms with Gasteiger partial charge in [-0.15, -0.1) is 0 Å². The smallest absolute Gasteiger partial charge is 0.303 e. The van der Waals surface area contributed by atoms with Crippen molar-refractivity contribution in [3.05, 3.63) is 29.6 Å². The van der Waals surface area contributed by atoms with Gasteiger partial charge in [0.15, 0.2) is 0 Å². The second kappa shape index (κ2) is 21.2. The van der Waals surface area contributed by atoms with Crippen LogP contribution in [-0.2, 0) is 39.7 Å². The third-order valence-corrected chi connectivity index (χ3v) is 7.35. The predicted octanol–water partition coefficient (Wildman–Crippen LogP) is 3.82. The molecule has 39 heavy (non-hydrogen) atoms. The second-order valence-electron chi connectivity index (χ2n) is 10.6. The molecule has 10 heteroatoms. The summed E-state index contributed by atoms with van der Waals surface area (Å²) in [5.41, 5.74) is 2.34. The normalized spacial score (nSPS) is 25.2. The Bertz CT molecular complexity index is 754. The molecule has 2 bridgehead atoms. The van der Waals surface area contributed by atoms with Gasteiger partial charge in [-0.1, -0.05) is 45.6 Å². The Balaban J connectivity index is 0.000000494. The van der Waals surface area contributed by atoms with Crippen LogP contribution in [0.3, 0.4) is 0 Å². The zero-order valence-electron chi connectivity index (χ0n) is 23.9. The summed E-state index contributed by atoms with van der Waals surface area (Å²) in [6.07, 6.45) is 12.6. The van der Waals surface area contributed by atoms with Gasteiger partial charge in [0, 0.05) is 80.3 Å². The molecular weight excluding hydrogens is 537 g/mol. The van der Waals surface area contributed by atoms with Crippen molar-refractivity contribution in [3.63, 3.8) is 0 Å². The standard InChI is InChI=1S/C21H35N5.2C4H8O2.Mn/c1-3-10-20-18(8-1)22-12-13-23-19-9-2-4-11-21(19)25-15-17-7-5-6-16(26-17)14-24-20;2*1-2-3-4(5)6;/h5-7,18-25H,1-4,8-15H2;2*2-3H2,1H3,(H,5,6);/t18-,19-,20-,21-;;;/m0.../s1. The topological polar surface area (TPSA) is 136 Å². The molecule has 2 fully saturated rings. The number of nitrogens with one attached hydrogen (secondary N) is 4. The molecular formula is C29H51MnN5O4. The molecule has 4 atom stereocenters. The molecule has 4 rings (SSSR count). The van der Waals surface area contributed by atoms with Crippen LogP contribution >= 0.6 is 0 Å². The van der Waals surface area contributed by atoms with Crippen molar-refractivity contribution in [3.8, 4) is 0 Å². The van der Waals surface area contributed by atoms with E-state index in [0.29, 0.717) is 37.0 Å². The van der Waals surface area contributed by atoms with Gasteiger partial charge in [0.1, 0.15) is 0 Å². The van der Waals surface area contributed by atoms with Gasteiger partial charge in [-0.2, -0.15) is 0 Å². The summed E-state index contributed by atoms with van der Waals surface area (Å²) in [6, 6.07) is 8.81. The Morgan fingerprint density at radius 3 is 1.38 bits per heavy atom. The zero-order valence-corrected chi connectivity index (χ0v) is 25.1. The predicted molar refractivity (Wildman–Crippen MR) is 151 cm³/mol. The molecule has 1 aromatic rings. The number of rotatable bonds is 4. The van der Waals surface area contributed by atoms with Gasteiger partial charge in [-0.3, -0.25) is 14.6 Å². The number of hydrogen-bond donors (Lipinski definition) is 6. The second-order valence-corrected chi connectivity index (χ2v) is 10.6. The molecule has 0 spiro atoms. The Morgan fingerprint density at radius 2 is 1.08 bits per heavy atom. The van der Waals surface area contributed by atoms with E-state index in [1.165, 1.54) is 62.8 Å². The van der Waals surface area contributed by atoms with Gasteiger partial charge in [0.05, 0.1) is 11.4 Å². The van der Waals surface area contributed by atoms with Crippen LogP contribution in [0.4, 0.5) is 0 Å². The average molecular weight is 589 g/mol. The van der Waals surface area contributed by atoms with E-state index in [4.69, 9.17) is 15.2 Å².